The fourth-order valence-corrected chi connectivity index (χ4v) is 3.84. The zero-order chi connectivity index (χ0) is 24.0. The van der Waals surface area contributed by atoms with Gasteiger partial charge < -0.3 is 25.2 Å². The summed E-state index contributed by atoms with van der Waals surface area (Å²) in [6.45, 7) is 1.53. The van der Waals surface area contributed by atoms with E-state index in [1.807, 2.05) is 48.5 Å². The van der Waals surface area contributed by atoms with Crippen molar-refractivity contribution in [3.05, 3.63) is 59.7 Å². The minimum atomic E-state index is -1.13. The fourth-order valence-electron chi connectivity index (χ4n) is 3.84. The molecule has 9 heteroatoms. The van der Waals surface area contributed by atoms with E-state index in [2.05, 4.69) is 15.4 Å². The molecule has 0 saturated heterocycles. The molecule has 0 aromatic heterocycles. The summed E-state index contributed by atoms with van der Waals surface area (Å²) in [5.41, 5.74) is 4.34. The summed E-state index contributed by atoms with van der Waals surface area (Å²) in [7, 11) is 1.14. The number of alkyl carbamates (subject to hydrolysis) is 1. The highest BCUT2D eigenvalue weighted by molar-refractivity contribution is 5.89. The van der Waals surface area contributed by atoms with Crippen molar-refractivity contribution < 1.29 is 33.8 Å². The first kappa shape index (κ1) is 23.8. The molecular formula is C24H26N2O7. The third kappa shape index (κ3) is 5.68. The Kier molecular flexibility index (Phi) is 7.66. The third-order valence-corrected chi connectivity index (χ3v) is 5.52. The van der Waals surface area contributed by atoms with E-state index in [1.54, 1.807) is 0 Å². The first-order chi connectivity index (χ1) is 15.8. The van der Waals surface area contributed by atoms with Crippen LogP contribution in [-0.4, -0.2) is 54.8 Å². The number of nitrogens with one attached hydrogen (secondary N) is 2. The summed E-state index contributed by atoms with van der Waals surface area (Å²) in [6, 6.07) is 13.7. The van der Waals surface area contributed by atoms with Gasteiger partial charge in [0, 0.05) is 12.3 Å². The third-order valence-electron chi connectivity index (χ3n) is 5.52. The van der Waals surface area contributed by atoms with Gasteiger partial charge in [-0.25, -0.2) is 9.59 Å². The lowest BCUT2D eigenvalue weighted by molar-refractivity contribution is -0.146. The number of aliphatic carboxylic acids is 1. The van der Waals surface area contributed by atoms with Crippen LogP contribution in [0.2, 0.25) is 0 Å². The van der Waals surface area contributed by atoms with E-state index in [9.17, 15) is 19.2 Å². The number of methoxy groups -OCH3 is 1. The molecule has 0 fully saturated rings. The Morgan fingerprint density at radius 1 is 0.970 bits per heavy atom. The maximum absolute atomic E-state index is 12.4. The van der Waals surface area contributed by atoms with Crippen molar-refractivity contribution >= 4 is 23.9 Å². The second-order valence-electron chi connectivity index (χ2n) is 7.71. The maximum atomic E-state index is 12.4. The molecule has 1 aliphatic rings. The Morgan fingerprint density at radius 2 is 1.55 bits per heavy atom. The van der Waals surface area contributed by atoms with Gasteiger partial charge in [-0.2, -0.15) is 0 Å². The average Bonchev–Trinajstić information content (AvgIpc) is 3.13. The van der Waals surface area contributed by atoms with Crippen LogP contribution < -0.4 is 10.6 Å². The standard InChI is InChI=1S/C24H26N2O7/c1-14(22(29)26-20(23(30)32-2)11-12-21(27)28)25-24(31)33-13-19-17-9-5-3-7-15(17)16-8-4-6-10-18(16)19/h3-10,14,19-20H,11-13H2,1-2H3,(H,25,31)(H,26,29)(H,27,28)/t14-,20+/m0/s1. The lowest BCUT2D eigenvalue weighted by atomic mass is 9.98. The van der Waals surface area contributed by atoms with Gasteiger partial charge in [-0.3, -0.25) is 9.59 Å². The van der Waals surface area contributed by atoms with Gasteiger partial charge in [-0.1, -0.05) is 48.5 Å². The van der Waals surface area contributed by atoms with E-state index in [0.29, 0.717) is 0 Å². The zero-order valence-electron chi connectivity index (χ0n) is 18.4. The fraction of sp³-hybridized carbons (Fsp3) is 0.333. The lowest BCUT2D eigenvalue weighted by Crippen LogP contribution is -2.50. The van der Waals surface area contributed by atoms with Gasteiger partial charge in [0.15, 0.2) is 0 Å². The zero-order valence-corrected chi connectivity index (χ0v) is 18.4. The van der Waals surface area contributed by atoms with Gasteiger partial charge in [0.05, 0.1) is 7.11 Å². The second-order valence-corrected chi connectivity index (χ2v) is 7.71. The number of benzene rings is 2. The number of carbonyl (C=O) groups is 4. The highest BCUT2D eigenvalue weighted by atomic mass is 16.5. The Bertz CT molecular complexity index is 1010. The van der Waals surface area contributed by atoms with Crippen molar-refractivity contribution in [3.8, 4) is 11.1 Å². The number of ether oxygens (including phenoxy) is 2. The van der Waals surface area contributed by atoms with Crippen molar-refractivity contribution in [2.24, 2.45) is 0 Å². The minimum absolute atomic E-state index is 0.0948. The van der Waals surface area contributed by atoms with Crippen LogP contribution in [-0.2, 0) is 23.9 Å². The van der Waals surface area contributed by atoms with Crippen molar-refractivity contribution in [1.82, 2.24) is 10.6 Å². The molecule has 9 nitrogen and oxygen atoms in total. The van der Waals surface area contributed by atoms with Gasteiger partial charge >= 0.3 is 18.0 Å². The summed E-state index contributed by atoms with van der Waals surface area (Å²) < 4.78 is 10.0. The van der Waals surface area contributed by atoms with Crippen LogP contribution in [0.5, 0.6) is 0 Å². The second kappa shape index (κ2) is 10.6. The molecule has 2 aromatic carbocycles. The number of hydrogen-bond acceptors (Lipinski definition) is 6. The molecule has 0 saturated carbocycles. The smallest absolute Gasteiger partial charge is 0.407 e. The molecule has 174 valence electrons. The van der Waals surface area contributed by atoms with Crippen molar-refractivity contribution in [1.29, 1.82) is 0 Å². The number of rotatable bonds is 9. The van der Waals surface area contributed by atoms with E-state index < -0.39 is 36.0 Å². The molecule has 0 radical (unpaired) electrons. The molecule has 2 atom stereocenters. The maximum Gasteiger partial charge on any atom is 0.407 e. The SMILES string of the molecule is COC(=O)[C@@H](CCC(=O)O)NC(=O)[C@H](C)NC(=O)OCC1c2ccccc2-c2ccccc21. The van der Waals surface area contributed by atoms with Crippen LogP contribution in [0, 0.1) is 0 Å². The van der Waals surface area contributed by atoms with Crippen LogP contribution in [0.1, 0.15) is 36.8 Å². The van der Waals surface area contributed by atoms with Crippen LogP contribution in [0.25, 0.3) is 11.1 Å². The Labute approximate surface area is 191 Å². The van der Waals surface area contributed by atoms with E-state index in [0.717, 1.165) is 29.4 Å². The number of amides is 2. The molecule has 1 aliphatic carbocycles. The largest absolute Gasteiger partial charge is 0.481 e. The number of esters is 1. The molecule has 3 N–H and O–H groups in total. The average molecular weight is 454 g/mol. The van der Waals surface area contributed by atoms with Crippen LogP contribution >= 0.6 is 0 Å². The van der Waals surface area contributed by atoms with Crippen LogP contribution in [0.15, 0.2) is 48.5 Å². The van der Waals surface area contributed by atoms with Crippen molar-refractivity contribution in [3.63, 3.8) is 0 Å². The molecule has 0 bridgehead atoms. The Hall–Kier alpha value is -3.88. The number of carboxylic acids is 1. The van der Waals surface area contributed by atoms with Gasteiger partial charge in [-0.05, 0) is 35.6 Å². The normalized spacial score (nSPS) is 13.8. The number of hydrogen-bond donors (Lipinski definition) is 3. The summed E-state index contributed by atoms with van der Waals surface area (Å²) in [5, 5.41) is 13.7. The molecule has 33 heavy (non-hydrogen) atoms. The monoisotopic (exact) mass is 454 g/mol. The number of carboxylic acid groups (broad SMARTS) is 1. The van der Waals surface area contributed by atoms with Crippen molar-refractivity contribution in [2.75, 3.05) is 13.7 Å². The molecule has 2 aromatic rings. The summed E-state index contributed by atoms with van der Waals surface area (Å²) in [5.74, 6) is -2.66. The van der Waals surface area contributed by atoms with E-state index in [4.69, 9.17) is 9.84 Å². The van der Waals surface area contributed by atoms with Crippen LogP contribution in [0.4, 0.5) is 4.79 Å². The molecule has 0 spiro atoms. The molecule has 0 aliphatic heterocycles. The van der Waals surface area contributed by atoms with E-state index >= 15 is 0 Å². The molecule has 3 rings (SSSR count). The first-order valence-corrected chi connectivity index (χ1v) is 10.5. The van der Waals surface area contributed by atoms with Gasteiger partial charge in [-0.15, -0.1) is 0 Å². The molecule has 0 heterocycles. The summed E-state index contributed by atoms with van der Waals surface area (Å²) in [6.07, 6.45) is -1.24. The topological polar surface area (TPSA) is 131 Å². The lowest BCUT2D eigenvalue weighted by Gasteiger charge is -2.20. The number of carbonyl (C=O) groups excluding carboxylic acids is 3. The first-order valence-electron chi connectivity index (χ1n) is 10.5. The quantitative estimate of drug-likeness (QED) is 0.496. The molecule has 0 unspecified atom stereocenters. The highest BCUT2D eigenvalue weighted by Crippen LogP contribution is 2.44. The predicted octanol–water partition coefficient (Wildman–Crippen LogP) is 2.44. The van der Waals surface area contributed by atoms with E-state index in [-0.39, 0.29) is 25.4 Å². The van der Waals surface area contributed by atoms with Gasteiger partial charge in [0.2, 0.25) is 5.91 Å². The van der Waals surface area contributed by atoms with E-state index in [1.165, 1.54) is 6.92 Å². The summed E-state index contributed by atoms with van der Waals surface area (Å²) in [4.78, 5) is 47.3. The van der Waals surface area contributed by atoms with Crippen molar-refractivity contribution in [2.45, 2.75) is 37.8 Å². The highest BCUT2D eigenvalue weighted by Gasteiger charge is 2.30. The Balaban J connectivity index is 1.57. The predicted molar refractivity (Wildman–Crippen MR) is 118 cm³/mol. The minimum Gasteiger partial charge on any atom is -0.481 e. The van der Waals surface area contributed by atoms with Gasteiger partial charge in [0.1, 0.15) is 18.7 Å². The molecule has 2 amide bonds. The van der Waals surface area contributed by atoms with Gasteiger partial charge in [0.25, 0.3) is 0 Å². The number of fused-ring (bicyclic) bond motifs is 3. The Morgan fingerprint density at radius 3 is 2.09 bits per heavy atom. The molecular weight excluding hydrogens is 428 g/mol. The van der Waals surface area contributed by atoms with Crippen LogP contribution in [0.3, 0.4) is 0 Å². The summed E-state index contributed by atoms with van der Waals surface area (Å²) >= 11 is 0.